The SMILES string of the molecule is CCCCCS(=O)(=O)C=C(C(F)F)N1CCOCC1. The van der Waals surface area contributed by atoms with Crippen molar-refractivity contribution in [3.63, 3.8) is 0 Å². The monoisotopic (exact) mass is 297 g/mol. The van der Waals surface area contributed by atoms with Crippen LogP contribution in [0.4, 0.5) is 8.78 Å². The Morgan fingerprint density at radius 3 is 2.47 bits per heavy atom. The molecule has 1 heterocycles. The number of nitrogens with zero attached hydrogens (tertiary/aromatic N) is 1. The first-order valence-electron chi connectivity index (χ1n) is 6.51. The molecule has 4 nitrogen and oxygen atoms in total. The smallest absolute Gasteiger partial charge is 0.278 e. The van der Waals surface area contributed by atoms with E-state index < -0.39 is 22.0 Å². The standard InChI is InChI=1S/C12H21F2NO3S/c1-2-3-4-9-19(16,17)10-11(12(13)14)15-5-7-18-8-6-15/h10,12H,2-9H2,1H3. The molecule has 0 saturated carbocycles. The lowest BCUT2D eigenvalue weighted by atomic mass is 10.3. The van der Waals surface area contributed by atoms with Crippen molar-refractivity contribution >= 4 is 9.84 Å². The molecule has 0 N–H and O–H groups in total. The molecule has 112 valence electrons. The highest BCUT2D eigenvalue weighted by molar-refractivity contribution is 7.94. The molecule has 0 aliphatic carbocycles. The maximum Gasteiger partial charge on any atom is 0.278 e. The van der Waals surface area contributed by atoms with Gasteiger partial charge in [0.05, 0.1) is 30.1 Å². The van der Waals surface area contributed by atoms with Gasteiger partial charge in [0.15, 0.2) is 9.84 Å². The molecule has 0 aromatic heterocycles. The Hall–Kier alpha value is -0.690. The predicted octanol–water partition coefficient (Wildman–Crippen LogP) is 2.03. The van der Waals surface area contributed by atoms with E-state index >= 15 is 0 Å². The number of rotatable bonds is 7. The number of ether oxygens (including phenoxy) is 1. The summed E-state index contributed by atoms with van der Waals surface area (Å²) >= 11 is 0. The number of morpholine rings is 1. The highest BCUT2D eigenvalue weighted by atomic mass is 32.2. The summed E-state index contributed by atoms with van der Waals surface area (Å²) in [4.78, 5) is 1.39. The molecule has 0 radical (unpaired) electrons. The molecule has 0 amide bonds. The van der Waals surface area contributed by atoms with Crippen LogP contribution in [0.1, 0.15) is 26.2 Å². The summed E-state index contributed by atoms with van der Waals surface area (Å²) in [6, 6.07) is 0. The van der Waals surface area contributed by atoms with Crippen LogP contribution in [0.2, 0.25) is 0 Å². The van der Waals surface area contributed by atoms with E-state index in [1.54, 1.807) is 0 Å². The average molecular weight is 297 g/mol. The van der Waals surface area contributed by atoms with E-state index in [2.05, 4.69) is 0 Å². The van der Waals surface area contributed by atoms with Crippen molar-refractivity contribution < 1.29 is 21.9 Å². The summed E-state index contributed by atoms with van der Waals surface area (Å²) in [6.07, 6.45) is -0.590. The van der Waals surface area contributed by atoms with E-state index in [0.717, 1.165) is 18.2 Å². The lowest BCUT2D eigenvalue weighted by Gasteiger charge is -2.30. The number of alkyl halides is 2. The molecule has 0 spiro atoms. The van der Waals surface area contributed by atoms with E-state index in [0.29, 0.717) is 32.7 Å². The maximum absolute atomic E-state index is 13.0. The van der Waals surface area contributed by atoms with Crippen molar-refractivity contribution in [2.45, 2.75) is 32.6 Å². The summed E-state index contributed by atoms with van der Waals surface area (Å²) in [7, 11) is -3.57. The van der Waals surface area contributed by atoms with Crippen molar-refractivity contribution in [1.29, 1.82) is 0 Å². The van der Waals surface area contributed by atoms with Crippen LogP contribution in [0.15, 0.2) is 11.1 Å². The lowest BCUT2D eigenvalue weighted by molar-refractivity contribution is 0.0345. The van der Waals surface area contributed by atoms with Gasteiger partial charge in [-0.3, -0.25) is 0 Å². The van der Waals surface area contributed by atoms with Gasteiger partial charge < -0.3 is 9.64 Å². The van der Waals surface area contributed by atoms with Gasteiger partial charge in [-0.15, -0.1) is 0 Å². The number of sulfone groups is 1. The van der Waals surface area contributed by atoms with Crippen LogP contribution >= 0.6 is 0 Å². The zero-order valence-corrected chi connectivity index (χ0v) is 12.0. The van der Waals surface area contributed by atoms with Crippen molar-refractivity contribution in [3.05, 3.63) is 11.1 Å². The summed E-state index contributed by atoms with van der Waals surface area (Å²) in [5.74, 6) is -0.0681. The van der Waals surface area contributed by atoms with Gasteiger partial charge >= 0.3 is 0 Å². The lowest BCUT2D eigenvalue weighted by Crippen LogP contribution is -2.38. The van der Waals surface area contributed by atoms with Crippen LogP contribution in [0.5, 0.6) is 0 Å². The van der Waals surface area contributed by atoms with E-state index in [4.69, 9.17) is 4.74 Å². The van der Waals surface area contributed by atoms with Gasteiger partial charge in [0.25, 0.3) is 6.43 Å². The fourth-order valence-electron chi connectivity index (χ4n) is 1.88. The van der Waals surface area contributed by atoms with Gasteiger partial charge in [-0.05, 0) is 6.42 Å². The van der Waals surface area contributed by atoms with Gasteiger partial charge in [-0.2, -0.15) is 0 Å². The van der Waals surface area contributed by atoms with E-state index in [1.807, 2.05) is 6.92 Å². The second kappa shape index (κ2) is 7.79. The second-order valence-electron chi connectivity index (χ2n) is 4.52. The topological polar surface area (TPSA) is 46.6 Å². The molecule has 1 aliphatic heterocycles. The molecule has 1 saturated heterocycles. The largest absolute Gasteiger partial charge is 0.378 e. The van der Waals surface area contributed by atoms with Crippen LogP contribution < -0.4 is 0 Å². The summed E-state index contributed by atoms with van der Waals surface area (Å²) in [5, 5.41) is 0.749. The zero-order chi connectivity index (χ0) is 14.3. The van der Waals surface area contributed by atoms with E-state index in [-0.39, 0.29) is 5.75 Å². The van der Waals surface area contributed by atoms with Crippen molar-refractivity contribution in [2.75, 3.05) is 32.1 Å². The minimum atomic E-state index is -3.57. The Labute approximate surface area is 113 Å². The number of hydrogen-bond acceptors (Lipinski definition) is 4. The van der Waals surface area contributed by atoms with Crippen LogP contribution in [-0.2, 0) is 14.6 Å². The third-order valence-electron chi connectivity index (χ3n) is 2.93. The number of halogens is 2. The quantitative estimate of drug-likeness (QED) is 0.675. The fraction of sp³-hybridized carbons (Fsp3) is 0.833. The number of allylic oxidation sites excluding steroid dienone is 1. The third-order valence-corrected chi connectivity index (χ3v) is 4.39. The van der Waals surface area contributed by atoms with E-state index in [9.17, 15) is 17.2 Å². The predicted molar refractivity (Wildman–Crippen MR) is 69.8 cm³/mol. The van der Waals surface area contributed by atoms with Crippen molar-refractivity contribution in [1.82, 2.24) is 4.90 Å². The first-order valence-corrected chi connectivity index (χ1v) is 8.23. The Bertz CT molecular complexity index is 390. The Kier molecular flexibility index (Phi) is 6.71. The first kappa shape index (κ1) is 16.4. The highest BCUT2D eigenvalue weighted by Gasteiger charge is 2.23. The average Bonchev–Trinajstić information content (AvgIpc) is 2.37. The summed E-state index contributed by atoms with van der Waals surface area (Å²) in [5.41, 5.74) is -0.403. The molecule has 0 aromatic rings. The van der Waals surface area contributed by atoms with Crippen LogP contribution in [0, 0.1) is 0 Å². The second-order valence-corrected chi connectivity index (χ2v) is 6.49. The molecule has 0 bridgehead atoms. The molecule has 7 heteroatoms. The fourth-order valence-corrected chi connectivity index (χ4v) is 3.23. The molecule has 1 rings (SSSR count). The number of hydrogen-bond donors (Lipinski definition) is 0. The molecule has 0 atom stereocenters. The van der Waals surface area contributed by atoms with Crippen LogP contribution in [0.3, 0.4) is 0 Å². The first-order chi connectivity index (χ1) is 8.96. The molecular formula is C12H21F2NO3S. The minimum absolute atomic E-state index is 0.0681. The van der Waals surface area contributed by atoms with Gasteiger partial charge in [-0.1, -0.05) is 19.8 Å². The van der Waals surface area contributed by atoms with Crippen molar-refractivity contribution in [2.24, 2.45) is 0 Å². The highest BCUT2D eigenvalue weighted by Crippen LogP contribution is 2.18. The van der Waals surface area contributed by atoms with Crippen LogP contribution in [-0.4, -0.2) is 51.8 Å². The molecule has 1 fully saturated rings. The normalized spacial score (nSPS) is 18.1. The maximum atomic E-state index is 13.0. The van der Waals surface area contributed by atoms with E-state index in [1.165, 1.54) is 4.90 Å². The van der Waals surface area contributed by atoms with Gasteiger partial charge in [0.2, 0.25) is 0 Å². The minimum Gasteiger partial charge on any atom is -0.378 e. The Balaban J connectivity index is 2.76. The Morgan fingerprint density at radius 1 is 1.32 bits per heavy atom. The molecule has 1 aliphatic rings. The van der Waals surface area contributed by atoms with Gasteiger partial charge in [0, 0.05) is 13.1 Å². The molecule has 19 heavy (non-hydrogen) atoms. The molecular weight excluding hydrogens is 276 g/mol. The Morgan fingerprint density at radius 2 is 1.95 bits per heavy atom. The number of unbranched alkanes of at least 4 members (excludes halogenated alkanes) is 2. The van der Waals surface area contributed by atoms with Crippen LogP contribution in [0.25, 0.3) is 0 Å². The summed E-state index contributed by atoms with van der Waals surface area (Å²) in [6.45, 7) is 3.27. The zero-order valence-electron chi connectivity index (χ0n) is 11.1. The third kappa shape index (κ3) is 5.86. The van der Waals surface area contributed by atoms with Gasteiger partial charge in [-0.25, -0.2) is 17.2 Å². The summed E-state index contributed by atoms with van der Waals surface area (Å²) < 4.78 is 54.6. The molecule has 0 unspecified atom stereocenters. The van der Waals surface area contributed by atoms with Gasteiger partial charge in [0.1, 0.15) is 0 Å². The van der Waals surface area contributed by atoms with Crippen molar-refractivity contribution in [3.8, 4) is 0 Å². The molecule has 0 aromatic carbocycles.